The Morgan fingerprint density at radius 1 is 1.35 bits per heavy atom. The van der Waals surface area contributed by atoms with Crippen LogP contribution in [0.15, 0.2) is 39.5 Å². The number of para-hydroxylation sites is 1. The number of hydrogen-bond donors (Lipinski definition) is 0. The molecule has 1 atom stereocenters. The number of ether oxygens (including phenoxy) is 1. The first-order valence-corrected chi connectivity index (χ1v) is 5.90. The molecule has 0 aliphatic rings. The summed E-state index contributed by atoms with van der Waals surface area (Å²) in [6, 6.07) is 8.59. The number of hydrogen-bond acceptors (Lipinski definition) is 3. The molecule has 3 nitrogen and oxygen atoms in total. The van der Waals surface area contributed by atoms with Gasteiger partial charge in [0, 0.05) is 0 Å². The van der Waals surface area contributed by atoms with Crippen LogP contribution < -0.4 is 10.2 Å². The summed E-state index contributed by atoms with van der Waals surface area (Å²) in [4.78, 5) is 11.8. The molecule has 2 aromatic rings. The zero-order valence-electron chi connectivity index (χ0n) is 10.1. The molecule has 1 aromatic carbocycles. The topological polar surface area (TPSA) is 39.4 Å². The first-order valence-electron chi connectivity index (χ1n) is 5.90. The Hall–Kier alpha value is -1.77. The standard InChI is InChI=1S/C14H16O3/c1-3-6-10(2)16-14-9-12(15)11-7-4-5-8-13(11)17-14/h4-5,7-10H,3,6H2,1-2H3. The van der Waals surface area contributed by atoms with Crippen molar-refractivity contribution in [1.82, 2.24) is 0 Å². The molecule has 0 aliphatic carbocycles. The first kappa shape index (κ1) is 11.7. The Balaban J connectivity index is 2.33. The summed E-state index contributed by atoms with van der Waals surface area (Å²) in [7, 11) is 0. The fourth-order valence-electron chi connectivity index (χ4n) is 1.80. The molecular formula is C14H16O3. The van der Waals surface area contributed by atoms with Gasteiger partial charge in [-0.2, -0.15) is 0 Å². The van der Waals surface area contributed by atoms with Gasteiger partial charge in [0.25, 0.3) is 5.95 Å². The molecule has 1 aromatic heterocycles. The average molecular weight is 232 g/mol. The monoisotopic (exact) mass is 232 g/mol. The van der Waals surface area contributed by atoms with Gasteiger partial charge in [0.1, 0.15) is 5.58 Å². The van der Waals surface area contributed by atoms with Crippen molar-refractivity contribution in [2.24, 2.45) is 0 Å². The molecule has 17 heavy (non-hydrogen) atoms. The van der Waals surface area contributed by atoms with Gasteiger partial charge in [0.05, 0.1) is 17.6 Å². The summed E-state index contributed by atoms with van der Waals surface area (Å²) >= 11 is 0. The van der Waals surface area contributed by atoms with Crippen LogP contribution in [0.4, 0.5) is 0 Å². The van der Waals surface area contributed by atoms with Crippen LogP contribution in [-0.2, 0) is 0 Å². The van der Waals surface area contributed by atoms with E-state index in [1.54, 1.807) is 12.1 Å². The lowest BCUT2D eigenvalue weighted by Gasteiger charge is -2.12. The minimum absolute atomic E-state index is 0.0595. The van der Waals surface area contributed by atoms with Gasteiger partial charge in [-0.15, -0.1) is 0 Å². The van der Waals surface area contributed by atoms with Crippen molar-refractivity contribution in [2.75, 3.05) is 0 Å². The van der Waals surface area contributed by atoms with E-state index in [1.165, 1.54) is 6.07 Å². The summed E-state index contributed by atoms with van der Waals surface area (Å²) in [6.07, 6.45) is 2.04. The van der Waals surface area contributed by atoms with Gasteiger partial charge in [-0.1, -0.05) is 25.5 Å². The van der Waals surface area contributed by atoms with Gasteiger partial charge in [-0.25, -0.2) is 0 Å². The van der Waals surface area contributed by atoms with Gasteiger partial charge >= 0.3 is 0 Å². The van der Waals surface area contributed by atoms with Crippen molar-refractivity contribution >= 4 is 11.0 Å². The van der Waals surface area contributed by atoms with Crippen LogP contribution >= 0.6 is 0 Å². The Morgan fingerprint density at radius 2 is 2.12 bits per heavy atom. The Labute approximate surface area is 100 Å². The highest BCUT2D eigenvalue weighted by molar-refractivity contribution is 5.76. The van der Waals surface area contributed by atoms with Gasteiger partial charge in [0.2, 0.25) is 0 Å². The summed E-state index contributed by atoms with van der Waals surface area (Å²) in [5.41, 5.74) is 0.504. The molecule has 90 valence electrons. The molecule has 0 fully saturated rings. The van der Waals surface area contributed by atoms with E-state index in [2.05, 4.69) is 6.92 Å². The summed E-state index contributed by atoms with van der Waals surface area (Å²) in [6.45, 7) is 4.06. The molecule has 0 aliphatic heterocycles. The zero-order chi connectivity index (χ0) is 12.3. The van der Waals surface area contributed by atoms with Crippen LogP contribution in [-0.4, -0.2) is 6.10 Å². The zero-order valence-corrected chi connectivity index (χ0v) is 10.1. The summed E-state index contributed by atoms with van der Waals surface area (Å²) < 4.78 is 11.1. The maximum Gasteiger partial charge on any atom is 0.288 e. The maximum absolute atomic E-state index is 11.8. The van der Waals surface area contributed by atoms with E-state index in [9.17, 15) is 4.79 Å². The molecular weight excluding hydrogens is 216 g/mol. The molecule has 0 N–H and O–H groups in total. The average Bonchev–Trinajstić information content (AvgIpc) is 2.29. The molecule has 0 saturated carbocycles. The van der Waals surface area contributed by atoms with E-state index in [4.69, 9.17) is 9.15 Å². The lowest BCUT2D eigenvalue weighted by molar-refractivity contribution is 0.164. The third-order valence-electron chi connectivity index (χ3n) is 2.62. The Kier molecular flexibility index (Phi) is 3.47. The van der Waals surface area contributed by atoms with E-state index in [-0.39, 0.29) is 11.5 Å². The van der Waals surface area contributed by atoms with Gasteiger partial charge in [-0.3, -0.25) is 4.79 Å². The smallest absolute Gasteiger partial charge is 0.288 e. The second-order valence-electron chi connectivity index (χ2n) is 4.14. The van der Waals surface area contributed by atoms with E-state index in [0.717, 1.165) is 12.8 Å². The van der Waals surface area contributed by atoms with E-state index < -0.39 is 0 Å². The summed E-state index contributed by atoms with van der Waals surface area (Å²) in [5, 5.41) is 0.586. The van der Waals surface area contributed by atoms with Crippen molar-refractivity contribution in [3.63, 3.8) is 0 Å². The molecule has 0 amide bonds. The normalized spacial score (nSPS) is 12.6. The minimum atomic E-state index is -0.0643. The largest absolute Gasteiger partial charge is 0.462 e. The molecule has 3 heteroatoms. The third kappa shape index (κ3) is 2.67. The minimum Gasteiger partial charge on any atom is -0.462 e. The van der Waals surface area contributed by atoms with Gasteiger partial charge in [-0.05, 0) is 25.5 Å². The molecule has 0 saturated heterocycles. The Morgan fingerprint density at radius 3 is 2.88 bits per heavy atom. The number of benzene rings is 1. The molecule has 2 rings (SSSR count). The maximum atomic E-state index is 11.8. The fourth-order valence-corrected chi connectivity index (χ4v) is 1.80. The van der Waals surface area contributed by atoms with Crippen molar-refractivity contribution in [2.45, 2.75) is 32.8 Å². The van der Waals surface area contributed by atoms with Crippen LogP contribution in [0.2, 0.25) is 0 Å². The van der Waals surface area contributed by atoms with E-state index in [0.29, 0.717) is 16.9 Å². The highest BCUT2D eigenvalue weighted by Gasteiger charge is 2.08. The van der Waals surface area contributed by atoms with E-state index in [1.807, 2.05) is 19.1 Å². The van der Waals surface area contributed by atoms with Crippen LogP contribution in [0.1, 0.15) is 26.7 Å². The SMILES string of the molecule is CCCC(C)Oc1cc(=O)c2ccccc2o1. The van der Waals surface area contributed by atoms with Crippen LogP contribution in [0.25, 0.3) is 11.0 Å². The second kappa shape index (κ2) is 5.04. The van der Waals surface area contributed by atoms with Crippen molar-refractivity contribution < 1.29 is 9.15 Å². The van der Waals surface area contributed by atoms with Crippen LogP contribution in [0.3, 0.4) is 0 Å². The van der Waals surface area contributed by atoms with Crippen molar-refractivity contribution in [3.8, 4) is 5.95 Å². The van der Waals surface area contributed by atoms with Crippen molar-refractivity contribution in [1.29, 1.82) is 0 Å². The molecule has 0 spiro atoms. The summed E-state index contributed by atoms with van der Waals surface area (Å²) in [5.74, 6) is 0.301. The lowest BCUT2D eigenvalue weighted by Crippen LogP contribution is -2.12. The van der Waals surface area contributed by atoms with Crippen molar-refractivity contribution in [3.05, 3.63) is 40.6 Å². The fraction of sp³-hybridized carbons (Fsp3) is 0.357. The Bertz CT molecular complexity index is 557. The van der Waals surface area contributed by atoms with Gasteiger partial charge in [0.15, 0.2) is 5.43 Å². The van der Waals surface area contributed by atoms with E-state index >= 15 is 0 Å². The number of fused-ring (bicyclic) bond motifs is 1. The highest BCUT2D eigenvalue weighted by atomic mass is 16.6. The molecule has 0 bridgehead atoms. The predicted molar refractivity (Wildman–Crippen MR) is 67.5 cm³/mol. The highest BCUT2D eigenvalue weighted by Crippen LogP contribution is 2.18. The van der Waals surface area contributed by atoms with Crippen LogP contribution in [0.5, 0.6) is 5.95 Å². The van der Waals surface area contributed by atoms with Crippen LogP contribution in [0, 0.1) is 0 Å². The predicted octanol–water partition coefficient (Wildman–Crippen LogP) is 3.36. The first-order chi connectivity index (χ1) is 8.20. The quantitative estimate of drug-likeness (QED) is 0.811. The molecule has 1 unspecified atom stereocenters. The molecule has 0 radical (unpaired) electrons. The molecule has 1 heterocycles. The second-order valence-corrected chi connectivity index (χ2v) is 4.14. The lowest BCUT2D eigenvalue weighted by atomic mass is 10.2. The van der Waals surface area contributed by atoms with Gasteiger partial charge < -0.3 is 9.15 Å². The number of rotatable bonds is 4. The third-order valence-corrected chi connectivity index (χ3v) is 2.62.